The third-order valence-electron chi connectivity index (χ3n) is 4.08. The van der Waals surface area contributed by atoms with Gasteiger partial charge < -0.3 is 0 Å². The lowest BCUT2D eigenvalue weighted by Crippen LogP contribution is -2.08. The Morgan fingerprint density at radius 1 is 1.12 bits per heavy atom. The molecule has 2 atom stereocenters. The van der Waals surface area contributed by atoms with Crippen LogP contribution in [-0.2, 0) is 0 Å². The minimum atomic E-state index is 0.773. The van der Waals surface area contributed by atoms with Crippen molar-refractivity contribution in [3.63, 3.8) is 0 Å². The van der Waals surface area contributed by atoms with Gasteiger partial charge in [0.15, 0.2) is 0 Å². The smallest absolute Gasteiger partial charge is 0.00991 e. The highest BCUT2D eigenvalue weighted by atomic mass is 14.2. The summed E-state index contributed by atoms with van der Waals surface area (Å²) in [6, 6.07) is 0. The molecule has 0 heterocycles. The Labute approximate surface area is 106 Å². The SMILES string of the molecule is CCC1C=CC=C(CC2=CC=CCC2CC)C1. The molecule has 0 radical (unpaired) electrons. The Hall–Kier alpha value is -1.04. The number of rotatable bonds is 4. The van der Waals surface area contributed by atoms with Gasteiger partial charge in [-0.15, -0.1) is 0 Å². The molecule has 0 heteroatoms. The Morgan fingerprint density at radius 2 is 2.00 bits per heavy atom. The predicted octanol–water partition coefficient (Wildman–Crippen LogP) is 5.20. The van der Waals surface area contributed by atoms with Crippen LogP contribution in [0.4, 0.5) is 0 Å². The van der Waals surface area contributed by atoms with Crippen LogP contribution in [0, 0.1) is 11.8 Å². The van der Waals surface area contributed by atoms with Gasteiger partial charge in [-0.1, -0.05) is 61.4 Å². The first-order valence-electron chi connectivity index (χ1n) is 7.05. The molecule has 0 saturated carbocycles. The van der Waals surface area contributed by atoms with E-state index in [1.165, 1.54) is 32.1 Å². The standard InChI is InChI=1S/C17H24/c1-3-14-8-7-9-15(12-14)13-17-11-6-5-10-16(17)4-2/h5-9,11,14,16H,3-4,10,12-13H2,1-2H3. The van der Waals surface area contributed by atoms with E-state index < -0.39 is 0 Å². The molecule has 0 bridgehead atoms. The average Bonchev–Trinajstić information content (AvgIpc) is 2.39. The minimum Gasteiger partial charge on any atom is -0.0839 e. The van der Waals surface area contributed by atoms with Crippen molar-refractivity contribution in [2.45, 2.75) is 46.0 Å². The number of allylic oxidation sites excluding steroid dienone is 8. The Kier molecular flexibility index (Phi) is 4.42. The lowest BCUT2D eigenvalue weighted by atomic mass is 9.82. The average molecular weight is 228 g/mol. The number of hydrogen-bond acceptors (Lipinski definition) is 0. The molecule has 2 aliphatic carbocycles. The van der Waals surface area contributed by atoms with E-state index in [0.717, 1.165) is 11.8 Å². The maximum absolute atomic E-state index is 2.36. The van der Waals surface area contributed by atoms with Crippen molar-refractivity contribution in [2.24, 2.45) is 11.8 Å². The Bertz CT molecular complexity index is 365. The van der Waals surface area contributed by atoms with Crippen LogP contribution in [0.2, 0.25) is 0 Å². The van der Waals surface area contributed by atoms with Crippen LogP contribution in [0.3, 0.4) is 0 Å². The second-order valence-electron chi connectivity index (χ2n) is 5.27. The monoisotopic (exact) mass is 228 g/mol. The molecule has 0 aromatic rings. The number of hydrogen-bond donors (Lipinski definition) is 0. The summed E-state index contributed by atoms with van der Waals surface area (Å²) in [6.45, 7) is 4.59. The van der Waals surface area contributed by atoms with Crippen LogP contribution in [-0.4, -0.2) is 0 Å². The van der Waals surface area contributed by atoms with E-state index in [4.69, 9.17) is 0 Å². The molecule has 0 spiro atoms. The van der Waals surface area contributed by atoms with Crippen molar-refractivity contribution in [1.29, 1.82) is 0 Å². The third-order valence-corrected chi connectivity index (χ3v) is 4.08. The fourth-order valence-corrected chi connectivity index (χ4v) is 2.85. The second-order valence-corrected chi connectivity index (χ2v) is 5.27. The predicted molar refractivity (Wildman–Crippen MR) is 75.9 cm³/mol. The van der Waals surface area contributed by atoms with Crippen molar-refractivity contribution in [2.75, 3.05) is 0 Å². The molecule has 0 aromatic heterocycles. The maximum Gasteiger partial charge on any atom is -0.00991 e. The van der Waals surface area contributed by atoms with Gasteiger partial charge in [0.25, 0.3) is 0 Å². The van der Waals surface area contributed by atoms with Crippen LogP contribution < -0.4 is 0 Å². The van der Waals surface area contributed by atoms with Crippen LogP contribution in [0.15, 0.2) is 47.6 Å². The van der Waals surface area contributed by atoms with Crippen molar-refractivity contribution in [3.8, 4) is 0 Å². The summed E-state index contributed by atoms with van der Waals surface area (Å²) < 4.78 is 0. The summed E-state index contributed by atoms with van der Waals surface area (Å²) >= 11 is 0. The van der Waals surface area contributed by atoms with E-state index in [1.807, 2.05) is 0 Å². The van der Waals surface area contributed by atoms with Crippen molar-refractivity contribution in [3.05, 3.63) is 47.6 Å². The molecular formula is C17H24. The quantitative estimate of drug-likeness (QED) is 0.620. The van der Waals surface area contributed by atoms with E-state index in [2.05, 4.69) is 50.3 Å². The fourth-order valence-electron chi connectivity index (χ4n) is 2.85. The normalized spacial score (nSPS) is 27.9. The lowest BCUT2D eigenvalue weighted by molar-refractivity contribution is 0.560. The third kappa shape index (κ3) is 3.21. The maximum atomic E-state index is 2.36. The van der Waals surface area contributed by atoms with Gasteiger partial charge in [0, 0.05) is 0 Å². The molecule has 92 valence electrons. The zero-order valence-electron chi connectivity index (χ0n) is 11.2. The van der Waals surface area contributed by atoms with Gasteiger partial charge in [0.1, 0.15) is 0 Å². The van der Waals surface area contributed by atoms with Gasteiger partial charge in [0.05, 0.1) is 0 Å². The van der Waals surface area contributed by atoms with Gasteiger partial charge in [0.2, 0.25) is 0 Å². The largest absolute Gasteiger partial charge is 0.0839 e. The first-order valence-corrected chi connectivity index (χ1v) is 7.05. The van der Waals surface area contributed by atoms with Gasteiger partial charge in [-0.05, 0) is 43.9 Å². The first-order chi connectivity index (χ1) is 8.33. The Morgan fingerprint density at radius 3 is 2.76 bits per heavy atom. The van der Waals surface area contributed by atoms with E-state index in [1.54, 1.807) is 11.1 Å². The van der Waals surface area contributed by atoms with E-state index >= 15 is 0 Å². The lowest BCUT2D eigenvalue weighted by Gasteiger charge is -2.23. The Balaban J connectivity index is 2.01. The zero-order chi connectivity index (χ0) is 12.1. The van der Waals surface area contributed by atoms with E-state index in [9.17, 15) is 0 Å². The summed E-state index contributed by atoms with van der Waals surface area (Å²) in [5.41, 5.74) is 3.27. The summed E-state index contributed by atoms with van der Waals surface area (Å²) in [7, 11) is 0. The topological polar surface area (TPSA) is 0 Å². The molecule has 0 aromatic carbocycles. The molecule has 0 fully saturated rings. The minimum absolute atomic E-state index is 0.773. The van der Waals surface area contributed by atoms with E-state index in [0.29, 0.717) is 0 Å². The van der Waals surface area contributed by atoms with Gasteiger partial charge in [-0.3, -0.25) is 0 Å². The van der Waals surface area contributed by atoms with Crippen molar-refractivity contribution in [1.82, 2.24) is 0 Å². The van der Waals surface area contributed by atoms with Crippen LogP contribution >= 0.6 is 0 Å². The van der Waals surface area contributed by atoms with Crippen molar-refractivity contribution < 1.29 is 0 Å². The summed E-state index contributed by atoms with van der Waals surface area (Å²) in [4.78, 5) is 0. The van der Waals surface area contributed by atoms with Gasteiger partial charge in [-0.2, -0.15) is 0 Å². The molecule has 0 saturated heterocycles. The van der Waals surface area contributed by atoms with Gasteiger partial charge in [-0.25, -0.2) is 0 Å². The molecule has 2 rings (SSSR count). The molecule has 0 nitrogen and oxygen atoms in total. The zero-order valence-corrected chi connectivity index (χ0v) is 11.2. The molecule has 0 aliphatic heterocycles. The highest BCUT2D eigenvalue weighted by molar-refractivity contribution is 5.29. The molecule has 0 N–H and O–H groups in total. The fraction of sp³-hybridized carbons (Fsp3) is 0.529. The highest BCUT2D eigenvalue weighted by Gasteiger charge is 2.16. The van der Waals surface area contributed by atoms with Crippen LogP contribution in [0.1, 0.15) is 46.0 Å². The molecule has 17 heavy (non-hydrogen) atoms. The molecule has 0 amide bonds. The summed E-state index contributed by atoms with van der Waals surface area (Å²) in [5, 5.41) is 0. The molecular weight excluding hydrogens is 204 g/mol. The molecule has 2 unspecified atom stereocenters. The van der Waals surface area contributed by atoms with Crippen molar-refractivity contribution >= 4 is 0 Å². The van der Waals surface area contributed by atoms with E-state index in [-0.39, 0.29) is 0 Å². The molecule has 2 aliphatic rings. The van der Waals surface area contributed by atoms with Crippen LogP contribution in [0.5, 0.6) is 0 Å². The summed E-state index contributed by atoms with van der Waals surface area (Å²) in [6.07, 6.45) is 20.1. The first kappa shape index (κ1) is 12.4. The highest BCUT2D eigenvalue weighted by Crippen LogP contribution is 2.32. The second kappa shape index (κ2) is 6.05. The summed E-state index contributed by atoms with van der Waals surface area (Å²) in [5.74, 6) is 1.56. The van der Waals surface area contributed by atoms with Gasteiger partial charge >= 0.3 is 0 Å². The van der Waals surface area contributed by atoms with Crippen LogP contribution in [0.25, 0.3) is 0 Å².